The van der Waals surface area contributed by atoms with Crippen molar-refractivity contribution < 1.29 is 4.79 Å². The highest BCUT2D eigenvalue weighted by molar-refractivity contribution is 5.82. The highest BCUT2D eigenvalue weighted by Gasteiger charge is 2.19. The van der Waals surface area contributed by atoms with Gasteiger partial charge in [0.15, 0.2) is 0 Å². The summed E-state index contributed by atoms with van der Waals surface area (Å²) in [5, 5.41) is 6.21. The number of hydrogen-bond donors (Lipinski definition) is 2. The standard InChI is InChI=1S/C13H20N4O/c1-10(2)16-8-11-4-3-5-15-13(11)17-7-6-14-12(18)9-17/h3-5,10,16H,6-9H2,1-2H3,(H,14,18). The Labute approximate surface area is 108 Å². The van der Waals surface area contributed by atoms with E-state index < -0.39 is 0 Å². The first-order valence-corrected chi connectivity index (χ1v) is 6.35. The average molecular weight is 248 g/mol. The topological polar surface area (TPSA) is 57.3 Å². The quantitative estimate of drug-likeness (QED) is 0.815. The molecule has 0 unspecified atom stereocenters. The lowest BCUT2D eigenvalue weighted by Gasteiger charge is -2.29. The van der Waals surface area contributed by atoms with Crippen LogP contribution < -0.4 is 15.5 Å². The Morgan fingerprint density at radius 2 is 2.39 bits per heavy atom. The van der Waals surface area contributed by atoms with E-state index in [0.29, 0.717) is 19.1 Å². The lowest BCUT2D eigenvalue weighted by atomic mass is 10.2. The van der Waals surface area contributed by atoms with E-state index in [1.54, 1.807) is 6.20 Å². The van der Waals surface area contributed by atoms with Crippen molar-refractivity contribution in [2.45, 2.75) is 26.4 Å². The summed E-state index contributed by atoms with van der Waals surface area (Å²) in [6.45, 7) is 6.91. The van der Waals surface area contributed by atoms with Crippen LogP contribution in [0.5, 0.6) is 0 Å². The highest BCUT2D eigenvalue weighted by Crippen LogP contribution is 2.17. The molecule has 1 aromatic rings. The van der Waals surface area contributed by atoms with Gasteiger partial charge in [0, 0.05) is 37.4 Å². The number of nitrogens with zero attached hydrogens (tertiary/aromatic N) is 2. The number of piperazine rings is 1. The van der Waals surface area contributed by atoms with E-state index in [4.69, 9.17) is 0 Å². The van der Waals surface area contributed by atoms with Gasteiger partial charge >= 0.3 is 0 Å². The monoisotopic (exact) mass is 248 g/mol. The summed E-state index contributed by atoms with van der Waals surface area (Å²) in [6, 6.07) is 4.43. The summed E-state index contributed by atoms with van der Waals surface area (Å²) >= 11 is 0. The molecule has 1 amide bonds. The second-order valence-electron chi connectivity index (χ2n) is 4.79. The van der Waals surface area contributed by atoms with Crippen molar-refractivity contribution in [3.63, 3.8) is 0 Å². The molecule has 1 aliphatic rings. The van der Waals surface area contributed by atoms with Gasteiger partial charge in [-0.2, -0.15) is 0 Å². The van der Waals surface area contributed by atoms with Crippen molar-refractivity contribution in [2.24, 2.45) is 0 Å². The summed E-state index contributed by atoms with van der Waals surface area (Å²) in [4.78, 5) is 17.9. The number of amides is 1. The second kappa shape index (κ2) is 5.82. The lowest BCUT2D eigenvalue weighted by Crippen LogP contribution is -2.48. The van der Waals surface area contributed by atoms with Crippen LogP contribution in [0.1, 0.15) is 19.4 Å². The summed E-state index contributed by atoms with van der Waals surface area (Å²) in [5.41, 5.74) is 1.14. The van der Waals surface area contributed by atoms with Gasteiger partial charge in [-0.25, -0.2) is 4.98 Å². The van der Waals surface area contributed by atoms with E-state index in [2.05, 4.69) is 35.5 Å². The molecule has 2 rings (SSSR count). The van der Waals surface area contributed by atoms with Gasteiger partial charge in [0.05, 0.1) is 6.54 Å². The molecule has 0 radical (unpaired) electrons. The molecule has 2 N–H and O–H groups in total. The van der Waals surface area contributed by atoms with Crippen molar-refractivity contribution in [2.75, 3.05) is 24.5 Å². The van der Waals surface area contributed by atoms with Gasteiger partial charge in [0.2, 0.25) is 5.91 Å². The molecular formula is C13H20N4O. The molecule has 5 heteroatoms. The number of pyridine rings is 1. The summed E-state index contributed by atoms with van der Waals surface area (Å²) in [6.07, 6.45) is 1.78. The molecule has 1 aromatic heterocycles. The molecule has 1 saturated heterocycles. The zero-order valence-electron chi connectivity index (χ0n) is 10.9. The number of aromatic nitrogens is 1. The predicted molar refractivity (Wildman–Crippen MR) is 71.4 cm³/mol. The third-order valence-electron chi connectivity index (χ3n) is 2.91. The first-order chi connectivity index (χ1) is 8.66. The number of carbonyl (C=O) groups excluding carboxylic acids is 1. The molecule has 0 bridgehead atoms. The molecular weight excluding hydrogens is 228 g/mol. The second-order valence-corrected chi connectivity index (χ2v) is 4.79. The molecule has 18 heavy (non-hydrogen) atoms. The highest BCUT2D eigenvalue weighted by atomic mass is 16.2. The van der Waals surface area contributed by atoms with Crippen molar-refractivity contribution in [3.8, 4) is 0 Å². The summed E-state index contributed by atoms with van der Waals surface area (Å²) < 4.78 is 0. The molecule has 5 nitrogen and oxygen atoms in total. The number of carbonyl (C=O) groups is 1. The number of anilines is 1. The molecule has 0 saturated carbocycles. The maximum Gasteiger partial charge on any atom is 0.239 e. The van der Waals surface area contributed by atoms with E-state index in [1.165, 1.54) is 0 Å². The third-order valence-corrected chi connectivity index (χ3v) is 2.91. The Balaban J connectivity index is 2.13. The van der Waals surface area contributed by atoms with Gasteiger partial charge in [0.25, 0.3) is 0 Å². The van der Waals surface area contributed by atoms with Crippen LogP contribution in [0.2, 0.25) is 0 Å². The number of nitrogens with one attached hydrogen (secondary N) is 2. The van der Waals surface area contributed by atoms with E-state index in [1.807, 2.05) is 11.0 Å². The van der Waals surface area contributed by atoms with E-state index in [-0.39, 0.29) is 5.91 Å². The van der Waals surface area contributed by atoms with Crippen LogP contribution in [0.15, 0.2) is 18.3 Å². The Morgan fingerprint density at radius 3 is 3.11 bits per heavy atom. The van der Waals surface area contributed by atoms with E-state index in [0.717, 1.165) is 24.5 Å². The fraction of sp³-hybridized carbons (Fsp3) is 0.538. The van der Waals surface area contributed by atoms with Crippen LogP contribution in [0, 0.1) is 0 Å². The van der Waals surface area contributed by atoms with Gasteiger partial charge in [0.1, 0.15) is 5.82 Å². The molecule has 1 fully saturated rings. The molecule has 0 spiro atoms. The SMILES string of the molecule is CC(C)NCc1cccnc1N1CCNC(=O)C1. The average Bonchev–Trinajstić information content (AvgIpc) is 2.36. The largest absolute Gasteiger partial charge is 0.353 e. The van der Waals surface area contributed by atoms with E-state index >= 15 is 0 Å². The van der Waals surface area contributed by atoms with Crippen molar-refractivity contribution >= 4 is 11.7 Å². The van der Waals surface area contributed by atoms with Gasteiger partial charge < -0.3 is 15.5 Å². The molecule has 2 heterocycles. The first kappa shape index (κ1) is 12.8. The maximum atomic E-state index is 11.4. The maximum absolute atomic E-state index is 11.4. The van der Waals surface area contributed by atoms with Crippen LogP contribution in [0.25, 0.3) is 0 Å². The smallest absolute Gasteiger partial charge is 0.239 e. The van der Waals surface area contributed by atoms with Crippen LogP contribution in [0.3, 0.4) is 0 Å². The number of hydrogen-bond acceptors (Lipinski definition) is 4. The Hall–Kier alpha value is -1.62. The fourth-order valence-corrected chi connectivity index (χ4v) is 1.99. The first-order valence-electron chi connectivity index (χ1n) is 6.35. The van der Waals surface area contributed by atoms with Crippen LogP contribution in [0.4, 0.5) is 5.82 Å². The summed E-state index contributed by atoms with van der Waals surface area (Å²) in [5.74, 6) is 0.982. The zero-order valence-corrected chi connectivity index (χ0v) is 10.9. The minimum absolute atomic E-state index is 0.0645. The van der Waals surface area contributed by atoms with E-state index in [9.17, 15) is 4.79 Å². The third kappa shape index (κ3) is 3.20. The molecule has 98 valence electrons. The van der Waals surface area contributed by atoms with Crippen LogP contribution in [-0.4, -0.2) is 36.6 Å². The Kier molecular flexibility index (Phi) is 4.15. The Morgan fingerprint density at radius 1 is 1.56 bits per heavy atom. The van der Waals surface area contributed by atoms with Crippen LogP contribution >= 0.6 is 0 Å². The van der Waals surface area contributed by atoms with Crippen molar-refractivity contribution in [3.05, 3.63) is 23.9 Å². The summed E-state index contributed by atoms with van der Waals surface area (Å²) in [7, 11) is 0. The molecule has 0 atom stereocenters. The van der Waals surface area contributed by atoms with Crippen molar-refractivity contribution in [1.29, 1.82) is 0 Å². The molecule has 1 aliphatic heterocycles. The zero-order chi connectivity index (χ0) is 13.0. The molecule has 0 aromatic carbocycles. The Bertz CT molecular complexity index is 419. The fourth-order valence-electron chi connectivity index (χ4n) is 1.99. The van der Waals surface area contributed by atoms with Crippen molar-refractivity contribution in [1.82, 2.24) is 15.6 Å². The van der Waals surface area contributed by atoms with Gasteiger partial charge in [-0.05, 0) is 6.07 Å². The van der Waals surface area contributed by atoms with Gasteiger partial charge in [-0.15, -0.1) is 0 Å². The van der Waals surface area contributed by atoms with Gasteiger partial charge in [-0.1, -0.05) is 19.9 Å². The minimum Gasteiger partial charge on any atom is -0.353 e. The minimum atomic E-state index is 0.0645. The normalized spacial score (nSPS) is 15.9. The molecule has 0 aliphatic carbocycles. The lowest BCUT2D eigenvalue weighted by molar-refractivity contribution is -0.120. The van der Waals surface area contributed by atoms with Crippen LogP contribution in [-0.2, 0) is 11.3 Å². The number of rotatable bonds is 4. The predicted octanol–water partition coefficient (Wildman–Crippen LogP) is 0.516. The van der Waals surface area contributed by atoms with Gasteiger partial charge in [-0.3, -0.25) is 4.79 Å².